The van der Waals surface area contributed by atoms with Crippen LogP contribution in [0.3, 0.4) is 0 Å². The molecular weight excluding hydrogens is 510 g/mol. The van der Waals surface area contributed by atoms with Crippen molar-refractivity contribution in [2.75, 3.05) is 22.1 Å². The first-order valence-electron chi connectivity index (χ1n) is 11.9. The number of benzene rings is 4. The number of nitrogens with one attached hydrogen (secondary N) is 3. The SMILES string of the molecule is N=C(c1ccccc1)c1cc(C(N)=O)c(C(N)=O)c(C(=O)Nc2cccc(N)c2)c1C(=O)Nc1cccc(N)c1. The predicted octanol–water partition coefficient (Wildman–Crippen LogP) is 2.97. The zero-order valence-corrected chi connectivity index (χ0v) is 21.0. The lowest BCUT2D eigenvalue weighted by molar-refractivity contribution is 0.0953. The van der Waals surface area contributed by atoms with Crippen LogP contribution in [-0.4, -0.2) is 29.3 Å². The monoisotopic (exact) mass is 535 g/mol. The van der Waals surface area contributed by atoms with Crippen LogP contribution < -0.4 is 33.6 Å². The largest absolute Gasteiger partial charge is 0.399 e. The third-order valence-electron chi connectivity index (χ3n) is 5.91. The molecule has 11 N–H and O–H groups in total. The van der Waals surface area contributed by atoms with Crippen LogP contribution in [-0.2, 0) is 0 Å². The summed E-state index contributed by atoms with van der Waals surface area (Å²) in [6, 6.07) is 21.9. The minimum atomic E-state index is -1.18. The van der Waals surface area contributed by atoms with Gasteiger partial charge >= 0.3 is 0 Å². The normalized spacial score (nSPS) is 10.4. The van der Waals surface area contributed by atoms with Crippen LogP contribution in [0.2, 0.25) is 0 Å². The zero-order valence-electron chi connectivity index (χ0n) is 21.0. The number of anilines is 4. The molecule has 0 aliphatic rings. The first-order chi connectivity index (χ1) is 19.1. The van der Waals surface area contributed by atoms with E-state index in [0.29, 0.717) is 16.9 Å². The number of nitrogen functional groups attached to an aromatic ring is 2. The lowest BCUT2D eigenvalue weighted by atomic mass is 9.86. The first-order valence-corrected chi connectivity index (χ1v) is 11.9. The summed E-state index contributed by atoms with van der Waals surface area (Å²) in [5.41, 5.74) is 22.2. The van der Waals surface area contributed by atoms with E-state index in [0.717, 1.165) is 6.07 Å². The Bertz CT molecular complexity index is 1680. The van der Waals surface area contributed by atoms with E-state index in [1.807, 2.05) is 0 Å². The molecule has 0 aliphatic carbocycles. The van der Waals surface area contributed by atoms with Crippen LogP contribution in [0.1, 0.15) is 52.6 Å². The summed E-state index contributed by atoms with van der Waals surface area (Å²) in [5, 5.41) is 14.1. The number of carbonyl (C=O) groups excluding carboxylic acids is 4. The molecule has 4 aromatic rings. The van der Waals surface area contributed by atoms with Crippen LogP contribution in [0, 0.1) is 5.41 Å². The standard InChI is InChI=1S/C29H25N7O4/c30-16-8-4-10-18(12-16)35-28(39)23-20(25(32)15-6-2-1-3-7-15)14-21(26(33)37)22(27(34)38)24(23)29(40)36-19-11-5-9-17(31)13-19/h1-14,32H,30-31H2,(H2,33,37)(H2,34,38)(H,35,39)(H,36,40). The van der Waals surface area contributed by atoms with E-state index in [2.05, 4.69) is 10.6 Å². The molecule has 0 bridgehead atoms. The van der Waals surface area contributed by atoms with Gasteiger partial charge in [-0.2, -0.15) is 0 Å². The molecule has 11 nitrogen and oxygen atoms in total. The van der Waals surface area contributed by atoms with Crippen molar-refractivity contribution in [3.63, 3.8) is 0 Å². The molecule has 4 rings (SSSR count). The molecule has 200 valence electrons. The first kappa shape index (κ1) is 27.1. The Hall–Kier alpha value is -5.97. The molecule has 40 heavy (non-hydrogen) atoms. The van der Waals surface area contributed by atoms with Crippen LogP contribution in [0.25, 0.3) is 0 Å². The fourth-order valence-corrected chi connectivity index (χ4v) is 4.17. The zero-order chi connectivity index (χ0) is 29.0. The number of carbonyl (C=O) groups is 4. The average Bonchev–Trinajstić information content (AvgIpc) is 2.91. The van der Waals surface area contributed by atoms with Gasteiger partial charge in [-0.15, -0.1) is 0 Å². The quantitative estimate of drug-likeness (QED) is 0.133. The number of rotatable bonds is 8. The lowest BCUT2D eigenvalue weighted by Gasteiger charge is -2.20. The van der Waals surface area contributed by atoms with E-state index in [1.165, 1.54) is 18.2 Å². The van der Waals surface area contributed by atoms with Gasteiger partial charge in [0, 0.05) is 33.9 Å². The van der Waals surface area contributed by atoms with Gasteiger partial charge in [-0.25, -0.2) is 0 Å². The number of nitrogens with two attached hydrogens (primary N) is 4. The van der Waals surface area contributed by atoms with E-state index in [-0.39, 0.29) is 28.2 Å². The van der Waals surface area contributed by atoms with Crippen molar-refractivity contribution in [3.8, 4) is 0 Å². The van der Waals surface area contributed by atoms with Gasteiger partial charge < -0.3 is 33.6 Å². The molecule has 0 saturated carbocycles. The molecule has 0 spiro atoms. The maximum Gasteiger partial charge on any atom is 0.257 e. The number of primary amides is 2. The molecule has 0 fully saturated rings. The molecule has 0 unspecified atom stereocenters. The Balaban J connectivity index is 2.03. The van der Waals surface area contributed by atoms with Gasteiger partial charge in [-0.3, -0.25) is 24.6 Å². The van der Waals surface area contributed by atoms with E-state index >= 15 is 0 Å². The Morgan fingerprint density at radius 3 is 1.57 bits per heavy atom. The van der Waals surface area contributed by atoms with Crippen molar-refractivity contribution < 1.29 is 19.2 Å². The van der Waals surface area contributed by atoms with E-state index in [9.17, 15) is 19.2 Å². The summed E-state index contributed by atoms with van der Waals surface area (Å²) in [4.78, 5) is 52.8. The summed E-state index contributed by atoms with van der Waals surface area (Å²) in [6.45, 7) is 0. The topological polar surface area (TPSA) is 220 Å². The molecule has 0 aromatic heterocycles. The molecular formula is C29H25N7O4. The minimum absolute atomic E-state index is 0.135. The number of hydrogen-bond donors (Lipinski definition) is 7. The predicted molar refractivity (Wildman–Crippen MR) is 153 cm³/mol. The van der Waals surface area contributed by atoms with Crippen LogP contribution in [0.15, 0.2) is 84.9 Å². The fraction of sp³-hybridized carbons (Fsp3) is 0. The highest BCUT2D eigenvalue weighted by Crippen LogP contribution is 2.29. The van der Waals surface area contributed by atoms with Crippen molar-refractivity contribution in [1.82, 2.24) is 0 Å². The summed E-state index contributed by atoms with van der Waals surface area (Å²) in [7, 11) is 0. The Morgan fingerprint density at radius 2 is 1.10 bits per heavy atom. The molecule has 0 radical (unpaired) electrons. The minimum Gasteiger partial charge on any atom is -0.399 e. The molecule has 0 aliphatic heterocycles. The molecule has 0 saturated heterocycles. The van der Waals surface area contributed by atoms with Gasteiger partial charge in [0.05, 0.1) is 28.0 Å². The highest BCUT2D eigenvalue weighted by atomic mass is 16.2. The number of hydrogen-bond acceptors (Lipinski definition) is 7. The van der Waals surface area contributed by atoms with Crippen LogP contribution >= 0.6 is 0 Å². The summed E-state index contributed by atoms with van der Waals surface area (Å²) in [6.07, 6.45) is 0. The van der Waals surface area contributed by atoms with Crippen molar-refractivity contribution in [2.45, 2.75) is 0 Å². The fourth-order valence-electron chi connectivity index (χ4n) is 4.17. The third kappa shape index (κ3) is 5.63. The van der Waals surface area contributed by atoms with Gasteiger partial charge in [0.25, 0.3) is 11.8 Å². The van der Waals surface area contributed by atoms with Gasteiger partial charge in [0.2, 0.25) is 11.8 Å². The smallest absolute Gasteiger partial charge is 0.257 e. The molecule has 0 atom stereocenters. The molecule has 0 heterocycles. The molecule has 11 heteroatoms. The van der Waals surface area contributed by atoms with E-state index < -0.39 is 40.3 Å². The lowest BCUT2D eigenvalue weighted by Crippen LogP contribution is -2.31. The highest BCUT2D eigenvalue weighted by Gasteiger charge is 2.33. The maximum absolute atomic E-state index is 13.9. The Labute approximate surface area is 228 Å². The second-order valence-corrected chi connectivity index (χ2v) is 8.73. The van der Waals surface area contributed by atoms with Crippen molar-refractivity contribution in [3.05, 3.63) is 118 Å². The third-order valence-corrected chi connectivity index (χ3v) is 5.91. The average molecular weight is 536 g/mol. The van der Waals surface area contributed by atoms with Gasteiger partial charge in [-0.1, -0.05) is 42.5 Å². The van der Waals surface area contributed by atoms with E-state index in [4.69, 9.17) is 28.3 Å². The number of amides is 4. The van der Waals surface area contributed by atoms with Gasteiger partial charge in [0.15, 0.2) is 0 Å². The van der Waals surface area contributed by atoms with Crippen molar-refractivity contribution in [1.29, 1.82) is 5.41 Å². The summed E-state index contributed by atoms with van der Waals surface area (Å²) < 4.78 is 0. The molecule has 4 amide bonds. The Morgan fingerprint density at radius 1 is 0.575 bits per heavy atom. The summed E-state index contributed by atoms with van der Waals surface area (Å²) in [5.74, 6) is -4.08. The van der Waals surface area contributed by atoms with E-state index in [1.54, 1.807) is 60.7 Å². The Kier molecular flexibility index (Phi) is 7.57. The maximum atomic E-state index is 13.9. The second kappa shape index (κ2) is 11.2. The summed E-state index contributed by atoms with van der Waals surface area (Å²) >= 11 is 0. The van der Waals surface area contributed by atoms with Crippen molar-refractivity contribution in [2.24, 2.45) is 11.5 Å². The van der Waals surface area contributed by atoms with Crippen molar-refractivity contribution >= 4 is 52.1 Å². The van der Waals surface area contributed by atoms with Crippen LogP contribution in [0.4, 0.5) is 22.7 Å². The van der Waals surface area contributed by atoms with Crippen LogP contribution in [0.5, 0.6) is 0 Å². The second-order valence-electron chi connectivity index (χ2n) is 8.73. The molecule has 4 aromatic carbocycles. The van der Waals surface area contributed by atoms with Gasteiger partial charge in [-0.05, 0) is 42.5 Å². The highest BCUT2D eigenvalue weighted by molar-refractivity contribution is 6.28. The van der Waals surface area contributed by atoms with Gasteiger partial charge in [0.1, 0.15) is 0 Å².